The second-order valence-corrected chi connectivity index (χ2v) is 13.5. The van der Waals surface area contributed by atoms with Gasteiger partial charge in [0, 0.05) is 18.3 Å². The summed E-state index contributed by atoms with van der Waals surface area (Å²) in [6.07, 6.45) is 6.35. The van der Waals surface area contributed by atoms with Gasteiger partial charge in [0.05, 0.1) is 18.1 Å². The molecule has 1 N–H and O–H groups in total. The number of aliphatic hydroxyl groups is 1. The van der Waals surface area contributed by atoms with Crippen molar-refractivity contribution in [2.75, 3.05) is 6.61 Å². The van der Waals surface area contributed by atoms with Gasteiger partial charge in [-0.1, -0.05) is 6.92 Å². The Hall–Kier alpha value is -1.63. The van der Waals surface area contributed by atoms with Gasteiger partial charge in [0.1, 0.15) is 12.2 Å². The molecule has 4 fully saturated rings. The zero-order chi connectivity index (χ0) is 26.5. The average Bonchev–Trinajstić information content (AvgIpc) is 3.07. The SMILES string of the molecule is CC(=O)O[C@H]1CC[C@@]2(COC=O)[C@@H](CC[C@H]3[C@H]4[C@H](O)C[C@H]([C@H](C)OC(=O)C(C)(C)C)[C@@]4(C)CC[C@@H]32)C1. The minimum atomic E-state index is -0.558. The standard InChI is InChI=1S/C29H46O7/c1-17(35-26(33)27(3,4)5)23-14-24(32)25-21-8-7-19-13-20(36-18(2)31)9-12-29(19,15-34-16-30)22(21)10-11-28(23,25)6/h16-17,19-25,32H,7-15H2,1-6H3/t17-,19-,20-,21+,22-,23+,24+,25-,28+,29+/m0/s1. The van der Waals surface area contributed by atoms with E-state index in [1.165, 1.54) is 6.92 Å². The van der Waals surface area contributed by atoms with Crippen molar-refractivity contribution in [1.82, 2.24) is 0 Å². The fourth-order valence-corrected chi connectivity index (χ4v) is 9.09. The number of hydrogen-bond acceptors (Lipinski definition) is 7. The molecular weight excluding hydrogens is 460 g/mol. The van der Waals surface area contributed by atoms with Gasteiger partial charge >= 0.3 is 11.9 Å². The number of hydrogen-bond donors (Lipinski definition) is 1. The second-order valence-electron chi connectivity index (χ2n) is 13.5. The Kier molecular flexibility index (Phi) is 7.55. The summed E-state index contributed by atoms with van der Waals surface area (Å²) in [5.74, 6) is 0.851. The van der Waals surface area contributed by atoms with Gasteiger partial charge in [-0.2, -0.15) is 0 Å². The molecule has 0 radical (unpaired) electrons. The van der Waals surface area contributed by atoms with Crippen molar-refractivity contribution in [3.05, 3.63) is 0 Å². The predicted molar refractivity (Wildman–Crippen MR) is 134 cm³/mol. The quantitative estimate of drug-likeness (QED) is 0.317. The first-order valence-electron chi connectivity index (χ1n) is 13.9. The molecule has 0 unspecified atom stereocenters. The first kappa shape index (κ1) is 27.4. The van der Waals surface area contributed by atoms with Crippen LogP contribution in [0.15, 0.2) is 0 Å². The lowest BCUT2D eigenvalue weighted by Crippen LogP contribution is -2.58. The van der Waals surface area contributed by atoms with E-state index < -0.39 is 11.5 Å². The van der Waals surface area contributed by atoms with Crippen LogP contribution in [0.2, 0.25) is 0 Å². The molecular formula is C29H46O7. The molecule has 10 atom stereocenters. The van der Waals surface area contributed by atoms with Gasteiger partial charge in [0.2, 0.25) is 0 Å². The van der Waals surface area contributed by atoms with Crippen molar-refractivity contribution in [3.63, 3.8) is 0 Å². The highest BCUT2D eigenvalue weighted by Crippen LogP contribution is 2.68. The molecule has 0 aromatic rings. The highest BCUT2D eigenvalue weighted by Gasteiger charge is 2.65. The predicted octanol–water partition coefficient (Wildman–Crippen LogP) is 4.68. The van der Waals surface area contributed by atoms with Crippen molar-refractivity contribution in [1.29, 1.82) is 0 Å². The largest absolute Gasteiger partial charge is 0.467 e. The minimum absolute atomic E-state index is 0.0675. The maximum absolute atomic E-state index is 12.6. The molecule has 0 amide bonds. The Labute approximate surface area is 216 Å². The van der Waals surface area contributed by atoms with Crippen LogP contribution >= 0.6 is 0 Å². The summed E-state index contributed by atoms with van der Waals surface area (Å²) in [6.45, 7) is 12.3. The Bertz CT molecular complexity index is 849. The summed E-state index contributed by atoms with van der Waals surface area (Å²) < 4.78 is 17.0. The van der Waals surface area contributed by atoms with Crippen molar-refractivity contribution in [2.24, 2.45) is 45.8 Å². The highest BCUT2D eigenvalue weighted by atomic mass is 16.5. The summed E-state index contributed by atoms with van der Waals surface area (Å²) >= 11 is 0. The third-order valence-electron chi connectivity index (χ3n) is 10.6. The number of carbonyl (C=O) groups excluding carboxylic acids is 3. The van der Waals surface area contributed by atoms with E-state index in [0.717, 1.165) is 44.9 Å². The molecule has 7 heteroatoms. The fraction of sp³-hybridized carbons (Fsp3) is 0.897. The van der Waals surface area contributed by atoms with Gasteiger partial charge in [0.25, 0.3) is 6.47 Å². The van der Waals surface area contributed by atoms with E-state index in [1.807, 2.05) is 27.7 Å². The third kappa shape index (κ3) is 4.69. The van der Waals surface area contributed by atoms with Crippen LogP contribution in [-0.2, 0) is 28.6 Å². The van der Waals surface area contributed by atoms with Crippen molar-refractivity contribution in [3.8, 4) is 0 Å². The molecule has 0 saturated heterocycles. The molecule has 4 aliphatic carbocycles. The van der Waals surface area contributed by atoms with Crippen LogP contribution in [0.25, 0.3) is 0 Å². The lowest BCUT2D eigenvalue weighted by Gasteiger charge is -2.61. The van der Waals surface area contributed by atoms with E-state index in [2.05, 4.69) is 6.92 Å². The van der Waals surface area contributed by atoms with Gasteiger partial charge < -0.3 is 19.3 Å². The van der Waals surface area contributed by atoms with E-state index in [9.17, 15) is 19.5 Å². The van der Waals surface area contributed by atoms with Crippen LogP contribution in [0, 0.1) is 45.8 Å². The van der Waals surface area contributed by atoms with Gasteiger partial charge in [-0.05, 0) is 108 Å². The molecule has 0 aromatic heterocycles. The van der Waals surface area contributed by atoms with Gasteiger partial charge in [0.15, 0.2) is 0 Å². The number of carbonyl (C=O) groups is 3. The van der Waals surface area contributed by atoms with E-state index in [-0.39, 0.29) is 46.8 Å². The summed E-state index contributed by atoms with van der Waals surface area (Å²) in [6, 6.07) is 0. The van der Waals surface area contributed by atoms with E-state index in [0.29, 0.717) is 37.3 Å². The molecule has 0 spiro atoms. The van der Waals surface area contributed by atoms with Crippen molar-refractivity contribution in [2.45, 2.75) is 111 Å². The number of ether oxygens (including phenoxy) is 3. The second kappa shape index (κ2) is 9.92. The monoisotopic (exact) mass is 506 g/mol. The van der Waals surface area contributed by atoms with Crippen molar-refractivity contribution >= 4 is 18.4 Å². The zero-order valence-electron chi connectivity index (χ0n) is 23.0. The van der Waals surface area contributed by atoms with E-state index in [1.54, 1.807) is 0 Å². The molecule has 0 heterocycles. The molecule has 0 aliphatic heterocycles. The van der Waals surface area contributed by atoms with Gasteiger partial charge in [-0.15, -0.1) is 0 Å². The maximum atomic E-state index is 12.6. The molecule has 4 saturated carbocycles. The van der Waals surface area contributed by atoms with Gasteiger partial charge in [-0.25, -0.2) is 0 Å². The molecule has 0 aromatic carbocycles. The topological polar surface area (TPSA) is 99.1 Å². The first-order valence-corrected chi connectivity index (χ1v) is 13.9. The third-order valence-corrected chi connectivity index (χ3v) is 10.6. The van der Waals surface area contributed by atoms with Crippen LogP contribution in [0.3, 0.4) is 0 Å². The Balaban J connectivity index is 1.57. The number of rotatable bonds is 6. The van der Waals surface area contributed by atoms with Crippen LogP contribution < -0.4 is 0 Å². The van der Waals surface area contributed by atoms with Crippen LogP contribution in [0.5, 0.6) is 0 Å². The van der Waals surface area contributed by atoms with Crippen LogP contribution in [-0.4, -0.2) is 48.4 Å². The van der Waals surface area contributed by atoms with Crippen molar-refractivity contribution < 1.29 is 33.7 Å². The Morgan fingerprint density at radius 3 is 2.47 bits per heavy atom. The summed E-state index contributed by atoms with van der Waals surface area (Å²) in [4.78, 5) is 35.5. The Morgan fingerprint density at radius 2 is 1.83 bits per heavy atom. The molecule has 4 aliphatic rings. The molecule has 36 heavy (non-hydrogen) atoms. The van der Waals surface area contributed by atoms with E-state index in [4.69, 9.17) is 14.2 Å². The molecule has 7 nitrogen and oxygen atoms in total. The average molecular weight is 507 g/mol. The van der Waals surface area contributed by atoms with Crippen LogP contribution in [0.1, 0.15) is 92.9 Å². The summed E-state index contributed by atoms with van der Waals surface area (Å²) in [5.41, 5.74) is -0.797. The van der Waals surface area contributed by atoms with Crippen LogP contribution in [0.4, 0.5) is 0 Å². The molecule has 0 bridgehead atoms. The lowest BCUT2D eigenvalue weighted by molar-refractivity contribution is -0.185. The number of esters is 2. The zero-order valence-corrected chi connectivity index (χ0v) is 23.0. The maximum Gasteiger partial charge on any atom is 0.311 e. The number of fused-ring (bicyclic) bond motifs is 5. The highest BCUT2D eigenvalue weighted by molar-refractivity contribution is 5.75. The fourth-order valence-electron chi connectivity index (χ4n) is 9.09. The minimum Gasteiger partial charge on any atom is -0.467 e. The normalized spacial score (nSPS) is 42.8. The molecule has 4 rings (SSSR count). The van der Waals surface area contributed by atoms with E-state index >= 15 is 0 Å². The lowest BCUT2D eigenvalue weighted by atomic mass is 9.44. The molecule has 204 valence electrons. The first-order chi connectivity index (χ1) is 16.8. The number of aliphatic hydroxyl groups excluding tert-OH is 1. The Morgan fingerprint density at radius 1 is 1.11 bits per heavy atom. The summed E-state index contributed by atoms with van der Waals surface area (Å²) in [7, 11) is 0. The summed E-state index contributed by atoms with van der Waals surface area (Å²) in [5, 5.41) is 11.5. The smallest absolute Gasteiger partial charge is 0.311 e. The van der Waals surface area contributed by atoms with Gasteiger partial charge in [-0.3, -0.25) is 14.4 Å².